The van der Waals surface area contributed by atoms with Crippen molar-refractivity contribution in [3.05, 3.63) is 0 Å². The van der Waals surface area contributed by atoms with Crippen molar-refractivity contribution in [1.82, 2.24) is 5.32 Å². The molecule has 16 heavy (non-hydrogen) atoms. The molecular formula is C9H17NO5S. The van der Waals surface area contributed by atoms with Crippen molar-refractivity contribution >= 4 is 21.7 Å². The summed E-state index contributed by atoms with van der Waals surface area (Å²) >= 11 is 0. The first-order valence-electron chi connectivity index (χ1n) is 4.83. The Morgan fingerprint density at radius 2 is 1.81 bits per heavy atom. The largest absolute Gasteiger partial charge is 0.480 e. The molecular weight excluding hydrogens is 234 g/mol. The fourth-order valence-corrected chi connectivity index (χ4v) is 1.59. The number of hydrogen-bond donors (Lipinski definition) is 2. The van der Waals surface area contributed by atoms with Crippen LogP contribution in [0.1, 0.15) is 20.3 Å². The number of carboxylic acids is 1. The zero-order valence-corrected chi connectivity index (χ0v) is 10.4. The molecule has 1 amide bonds. The van der Waals surface area contributed by atoms with Crippen molar-refractivity contribution in [2.45, 2.75) is 26.3 Å². The molecule has 0 aliphatic carbocycles. The lowest BCUT2D eigenvalue weighted by Crippen LogP contribution is -2.44. The number of aliphatic carboxylic acids is 1. The van der Waals surface area contributed by atoms with Crippen LogP contribution in [0.15, 0.2) is 0 Å². The van der Waals surface area contributed by atoms with Gasteiger partial charge in [0.15, 0.2) is 0 Å². The van der Waals surface area contributed by atoms with Gasteiger partial charge in [0.05, 0.1) is 5.75 Å². The Bertz CT molecular complexity index is 360. The van der Waals surface area contributed by atoms with Gasteiger partial charge in [0.25, 0.3) is 0 Å². The zero-order valence-electron chi connectivity index (χ0n) is 9.56. The summed E-state index contributed by atoms with van der Waals surface area (Å²) < 4.78 is 21.6. The van der Waals surface area contributed by atoms with E-state index in [9.17, 15) is 18.0 Å². The number of carbonyl (C=O) groups excluding carboxylic acids is 1. The van der Waals surface area contributed by atoms with Crippen molar-refractivity contribution in [2.24, 2.45) is 5.92 Å². The van der Waals surface area contributed by atoms with Gasteiger partial charge in [-0.15, -0.1) is 0 Å². The van der Waals surface area contributed by atoms with Gasteiger partial charge >= 0.3 is 5.97 Å². The highest BCUT2D eigenvalue weighted by Gasteiger charge is 2.23. The number of carbonyl (C=O) groups is 2. The highest BCUT2D eigenvalue weighted by molar-refractivity contribution is 7.90. The van der Waals surface area contributed by atoms with Crippen LogP contribution < -0.4 is 5.32 Å². The van der Waals surface area contributed by atoms with E-state index >= 15 is 0 Å². The van der Waals surface area contributed by atoms with Gasteiger partial charge in [0.1, 0.15) is 15.9 Å². The fourth-order valence-electron chi connectivity index (χ4n) is 1.04. The lowest BCUT2D eigenvalue weighted by atomic mass is 10.0. The van der Waals surface area contributed by atoms with Gasteiger partial charge < -0.3 is 10.4 Å². The molecule has 0 unspecified atom stereocenters. The predicted molar refractivity (Wildman–Crippen MR) is 58.7 cm³/mol. The van der Waals surface area contributed by atoms with E-state index in [-0.39, 0.29) is 18.1 Å². The highest BCUT2D eigenvalue weighted by atomic mass is 32.2. The van der Waals surface area contributed by atoms with Gasteiger partial charge in [-0.3, -0.25) is 4.79 Å². The summed E-state index contributed by atoms with van der Waals surface area (Å²) in [5.41, 5.74) is 0. The molecule has 94 valence electrons. The number of carboxylic acid groups (broad SMARTS) is 1. The molecule has 0 rings (SSSR count). The van der Waals surface area contributed by atoms with Crippen LogP contribution in [0, 0.1) is 5.92 Å². The predicted octanol–water partition coefficient (Wildman–Crippen LogP) is -0.353. The van der Waals surface area contributed by atoms with E-state index in [0.717, 1.165) is 6.26 Å². The Labute approximate surface area is 95.0 Å². The van der Waals surface area contributed by atoms with E-state index in [0.29, 0.717) is 0 Å². The summed E-state index contributed by atoms with van der Waals surface area (Å²) in [6.45, 7) is 3.32. The molecule has 0 saturated heterocycles. The van der Waals surface area contributed by atoms with Crippen molar-refractivity contribution in [3.8, 4) is 0 Å². The molecule has 0 aliphatic rings. The van der Waals surface area contributed by atoms with Crippen LogP contribution in [0.2, 0.25) is 0 Å². The highest BCUT2D eigenvalue weighted by Crippen LogP contribution is 2.02. The normalized spacial score (nSPS) is 13.5. The molecule has 1 atom stereocenters. The lowest BCUT2D eigenvalue weighted by molar-refractivity contribution is -0.143. The maximum Gasteiger partial charge on any atom is 0.326 e. The molecule has 0 aliphatic heterocycles. The smallest absolute Gasteiger partial charge is 0.326 e. The van der Waals surface area contributed by atoms with E-state index in [1.54, 1.807) is 13.8 Å². The van der Waals surface area contributed by atoms with Gasteiger partial charge in [-0.05, 0) is 5.92 Å². The molecule has 0 saturated carbocycles. The lowest BCUT2D eigenvalue weighted by Gasteiger charge is -2.17. The fraction of sp³-hybridized carbons (Fsp3) is 0.778. The van der Waals surface area contributed by atoms with Gasteiger partial charge in [-0.1, -0.05) is 13.8 Å². The van der Waals surface area contributed by atoms with Gasteiger partial charge in [0.2, 0.25) is 5.91 Å². The number of sulfone groups is 1. The minimum Gasteiger partial charge on any atom is -0.480 e. The summed E-state index contributed by atoms with van der Waals surface area (Å²) in [6, 6.07) is -0.980. The molecule has 0 bridgehead atoms. The quantitative estimate of drug-likeness (QED) is 0.671. The van der Waals surface area contributed by atoms with Crippen LogP contribution >= 0.6 is 0 Å². The number of hydrogen-bond acceptors (Lipinski definition) is 4. The van der Waals surface area contributed by atoms with Crippen LogP contribution in [-0.4, -0.2) is 43.5 Å². The zero-order chi connectivity index (χ0) is 12.9. The molecule has 0 heterocycles. The van der Waals surface area contributed by atoms with Crippen molar-refractivity contribution in [3.63, 3.8) is 0 Å². The second-order valence-corrected chi connectivity index (χ2v) is 6.27. The number of rotatable bonds is 6. The van der Waals surface area contributed by atoms with Crippen molar-refractivity contribution < 1.29 is 23.1 Å². The molecule has 0 radical (unpaired) electrons. The third-order valence-electron chi connectivity index (χ3n) is 1.95. The molecule has 6 nitrogen and oxygen atoms in total. The first kappa shape index (κ1) is 14.9. The number of nitrogens with one attached hydrogen (secondary N) is 1. The summed E-state index contributed by atoms with van der Waals surface area (Å²) in [6.07, 6.45) is 0.812. The summed E-state index contributed by atoms with van der Waals surface area (Å²) in [5, 5.41) is 11.1. The standard InChI is InChI=1S/C9H17NO5S/c1-6(2)8(9(12)13)10-7(11)4-5-16(3,14)15/h6,8H,4-5H2,1-3H3,(H,10,11)(H,12,13)/t8-/m1/s1. The summed E-state index contributed by atoms with van der Waals surface area (Å²) in [4.78, 5) is 22.0. The molecule has 7 heteroatoms. The van der Waals surface area contributed by atoms with Crippen LogP contribution in [-0.2, 0) is 19.4 Å². The van der Waals surface area contributed by atoms with Gasteiger partial charge in [0, 0.05) is 12.7 Å². The van der Waals surface area contributed by atoms with E-state index in [1.165, 1.54) is 0 Å². The third-order valence-corrected chi connectivity index (χ3v) is 2.89. The molecule has 0 fully saturated rings. The number of amides is 1. The second kappa shape index (κ2) is 5.83. The average molecular weight is 251 g/mol. The Hall–Kier alpha value is -1.11. The Morgan fingerprint density at radius 3 is 2.12 bits per heavy atom. The van der Waals surface area contributed by atoms with Gasteiger partial charge in [-0.2, -0.15) is 0 Å². The Morgan fingerprint density at radius 1 is 1.31 bits per heavy atom. The Kier molecular flexibility index (Phi) is 5.43. The monoisotopic (exact) mass is 251 g/mol. The average Bonchev–Trinajstić information content (AvgIpc) is 2.08. The van der Waals surface area contributed by atoms with Crippen LogP contribution in [0.4, 0.5) is 0 Å². The maximum absolute atomic E-state index is 11.3. The van der Waals surface area contributed by atoms with E-state index < -0.39 is 27.8 Å². The van der Waals surface area contributed by atoms with Crippen molar-refractivity contribution in [2.75, 3.05) is 12.0 Å². The summed E-state index contributed by atoms with van der Waals surface area (Å²) in [5.74, 6) is -2.21. The second-order valence-electron chi connectivity index (χ2n) is 4.01. The van der Waals surface area contributed by atoms with E-state index in [1.807, 2.05) is 0 Å². The maximum atomic E-state index is 11.3. The summed E-state index contributed by atoms with van der Waals surface area (Å²) in [7, 11) is -3.20. The third kappa shape index (κ3) is 6.39. The van der Waals surface area contributed by atoms with Crippen LogP contribution in [0.3, 0.4) is 0 Å². The molecule has 0 spiro atoms. The molecule has 0 aromatic rings. The molecule has 0 aromatic heterocycles. The Balaban J connectivity index is 4.27. The minimum absolute atomic E-state index is 0.213. The topological polar surface area (TPSA) is 101 Å². The van der Waals surface area contributed by atoms with Crippen molar-refractivity contribution in [1.29, 1.82) is 0 Å². The first-order chi connectivity index (χ1) is 7.13. The van der Waals surface area contributed by atoms with Crippen LogP contribution in [0.5, 0.6) is 0 Å². The molecule has 2 N–H and O–H groups in total. The molecule has 0 aromatic carbocycles. The SMILES string of the molecule is CC(C)[C@@H](NC(=O)CCS(C)(=O)=O)C(=O)O. The van der Waals surface area contributed by atoms with Gasteiger partial charge in [-0.25, -0.2) is 13.2 Å². The van der Waals surface area contributed by atoms with E-state index in [2.05, 4.69) is 5.32 Å². The first-order valence-corrected chi connectivity index (χ1v) is 6.89. The van der Waals surface area contributed by atoms with Crippen LogP contribution in [0.25, 0.3) is 0 Å². The van der Waals surface area contributed by atoms with E-state index in [4.69, 9.17) is 5.11 Å². The minimum atomic E-state index is -3.20.